The molecule has 1 N–H and O–H groups in total. The quantitative estimate of drug-likeness (QED) is 0.555. The van der Waals surface area contributed by atoms with Crippen LogP contribution >= 0.6 is 0 Å². The van der Waals surface area contributed by atoms with E-state index >= 15 is 0 Å². The third kappa shape index (κ3) is 7.60. The number of methoxy groups -OCH3 is 2. The SMILES string of the molecule is COCCNC(=O)CN1CCN(CC(=O)N(C)Cc2ccc(OC)c(F)c2)CC1. The first-order chi connectivity index (χ1) is 13.9. The van der Waals surface area contributed by atoms with Gasteiger partial charge in [-0.2, -0.15) is 0 Å². The van der Waals surface area contributed by atoms with Crippen LogP contribution in [0.1, 0.15) is 5.56 Å². The van der Waals surface area contributed by atoms with Crippen molar-refractivity contribution >= 4 is 11.8 Å². The van der Waals surface area contributed by atoms with Crippen LogP contribution in [0.3, 0.4) is 0 Å². The van der Waals surface area contributed by atoms with Crippen LogP contribution in [0.25, 0.3) is 0 Å². The molecule has 1 aliphatic heterocycles. The Bertz CT molecular complexity index is 680. The zero-order chi connectivity index (χ0) is 21.2. The van der Waals surface area contributed by atoms with Crippen LogP contribution in [0.4, 0.5) is 4.39 Å². The van der Waals surface area contributed by atoms with Crippen LogP contribution in [-0.2, 0) is 20.9 Å². The van der Waals surface area contributed by atoms with E-state index in [1.165, 1.54) is 13.2 Å². The van der Waals surface area contributed by atoms with E-state index in [1.54, 1.807) is 31.2 Å². The van der Waals surface area contributed by atoms with Gasteiger partial charge in [0.05, 0.1) is 26.8 Å². The fraction of sp³-hybridized carbons (Fsp3) is 0.600. The number of benzene rings is 1. The maximum absolute atomic E-state index is 13.8. The minimum absolute atomic E-state index is 0.0157. The van der Waals surface area contributed by atoms with E-state index in [0.29, 0.717) is 38.3 Å². The number of rotatable bonds is 10. The lowest BCUT2D eigenvalue weighted by Gasteiger charge is -2.34. The van der Waals surface area contributed by atoms with Gasteiger partial charge in [-0.25, -0.2) is 4.39 Å². The molecule has 0 unspecified atom stereocenters. The Kier molecular flexibility index (Phi) is 9.30. The fourth-order valence-corrected chi connectivity index (χ4v) is 3.14. The summed E-state index contributed by atoms with van der Waals surface area (Å²) in [5, 5.41) is 2.81. The summed E-state index contributed by atoms with van der Waals surface area (Å²) in [4.78, 5) is 30.1. The first-order valence-corrected chi connectivity index (χ1v) is 9.69. The topological polar surface area (TPSA) is 74.4 Å². The summed E-state index contributed by atoms with van der Waals surface area (Å²) in [6.45, 7) is 4.92. The number of carbonyl (C=O) groups is 2. The molecule has 1 fully saturated rings. The van der Waals surface area contributed by atoms with E-state index in [1.807, 2.05) is 0 Å². The monoisotopic (exact) mass is 410 g/mol. The van der Waals surface area contributed by atoms with E-state index in [4.69, 9.17) is 9.47 Å². The molecule has 0 saturated carbocycles. The second-order valence-electron chi connectivity index (χ2n) is 7.11. The van der Waals surface area contributed by atoms with Crippen molar-refractivity contribution in [3.05, 3.63) is 29.6 Å². The standard InChI is InChI=1S/C20H31FN4O4/c1-23(13-16-4-5-18(29-3)17(21)12-16)20(27)15-25-9-7-24(8-10-25)14-19(26)22-6-11-28-2/h4-5,12H,6-11,13-15H2,1-3H3,(H,22,26). The van der Waals surface area contributed by atoms with Gasteiger partial charge in [-0.15, -0.1) is 0 Å². The lowest BCUT2D eigenvalue weighted by atomic mass is 10.2. The molecule has 0 spiro atoms. The summed E-state index contributed by atoms with van der Waals surface area (Å²) < 4.78 is 23.6. The molecule has 0 radical (unpaired) electrons. The average molecular weight is 410 g/mol. The van der Waals surface area contributed by atoms with E-state index in [2.05, 4.69) is 15.1 Å². The molecular formula is C20H31FN4O4. The second kappa shape index (κ2) is 11.7. The van der Waals surface area contributed by atoms with Crippen molar-refractivity contribution in [2.45, 2.75) is 6.54 Å². The molecule has 162 valence electrons. The van der Waals surface area contributed by atoms with Gasteiger partial charge in [0.15, 0.2) is 11.6 Å². The van der Waals surface area contributed by atoms with Gasteiger partial charge in [0.1, 0.15) is 0 Å². The number of hydrogen-bond donors (Lipinski definition) is 1. The molecule has 29 heavy (non-hydrogen) atoms. The minimum Gasteiger partial charge on any atom is -0.494 e. The van der Waals surface area contributed by atoms with Crippen LogP contribution in [0.15, 0.2) is 18.2 Å². The smallest absolute Gasteiger partial charge is 0.236 e. The second-order valence-corrected chi connectivity index (χ2v) is 7.11. The molecule has 9 heteroatoms. The van der Waals surface area contributed by atoms with Gasteiger partial charge in [-0.1, -0.05) is 6.07 Å². The molecule has 1 heterocycles. The third-order valence-electron chi connectivity index (χ3n) is 4.88. The zero-order valence-electron chi connectivity index (χ0n) is 17.4. The maximum atomic E-state index is 13.8. The van der Waals surface area contributed by atoms with Gasteiger partial charge in [-0.3, -0.25) is 19.4 Å². The van der Waals surface area contributed by atoms with Crippen molar-refractivity contribution in [1.29, 1.82) is 0 Å². The van der Waals surface area contributed by atoms with E-state index < -0.39 is 5.82 Å². The molecule has 0 aliphatic carbocycles. The first kappa shape index (κ1) is 23.1. The van der Waals surface area contributed by atoms with Crippen molar-refractivity contribution in [1.82, 2.24) is 20.0 Å². The number of halogens is 1. The van der Waals surface area contributed by atoms with Gasteiger partial charge < -0.3 is 19.7 Å². The number of amides is 2. The van der Waals surface area contributed by atoms with Crippen LogP contribution in [0.5, 0.6) is 5.75 Å². The van der Waals surface area contributed by atoms with Crippen LogP contribution < -0.4 is 10.1 Å². The van der Waals surface area contributed by atoms with Crippen molar-refractivity contribution in [3.63, 3.8) is 0 Å². The predicted molar refractivity (Wildman–Crippen MR) is 107 cm³/mol. The maximum Gasteiger partial charge on any atom is 0.236 e. The van der Waals surface area contributed by atoms with Gasteiger partial charge in [-0.05, 0) is 17.7 Å². The molecular weight excluding hydrogens is 379 g/mol. The summed E-state index contributed by atoms with van der Waals surface area (Å²) >= 11 is 0. The average Bonchev–Trinajstić information content (AvgIpc) is 2.69. The Balaban J connectivity index is 1.72. The Morgan fingerprint density at radius 3 is 2.38 bits per heavy atom. The Labute approximate surface area is 171 Å². The Hall–Kier alpha value is -2.23. The lowest BCUT2D eigenvalue weighted by Crippen LogP contribution is -2.51. The molecule has 2 rings (SSSR count). The highest BCUT2D eigenvalue weighted by Crippen LogP contribution is 2.18. The highest BCUT2D eigenvalue weighted by atomic mass is 19.1. The van der Waals surface area contributed by atoms with E-state index in [9.17, 15) is 14.0 Å². The molecule has 0 bridgehead atoms. The number of ether oxygens (including phenoxy) is 2. The molecule has 0 atom stereocenters. The molecule has 0 aromatic heterocycles. The van der Waals surface area contributed by atoms with Crippen LogP contribution in [0.2, 0.25) is 0 Å². The van der Waals surface area contributed by atoms with Crippen molar-refractivity contribution < 1.29 is 23.5 Å². The van der Waals surface area contributed by atoms with Gasteiger partial charge in [0, 0.05) is 53.4 Å². The number of piperazine rings is 1. The predicted octanol–water partition coefficient (Wildman–Crippen LogP) is 0.173. The van der Waals surface area contributed by atoms with Crippen molar-refractivity contribution in [2.24, 2.45) is 0 Å². The summed E-state index contributed by atoms with van der Waals surface area (Å²) in [6.07, 6.45) is 0. The normalized spacial score (nSPS) is 15.2. The van der Waals surface area contributed by atoms with Crippen LogP contribution in [0, 0.1) is 5.82 Å². The Morgan fingerprint density at radius 2 is 1.79 bits per heavy atom. The largest absolute Gasteiger partial charge is 0.494 e. The molecule has 1 aliphatic rings. The number of likely N-dealkylation sites (N-methyl/N-ethyl adjacent to an activating group) is 1. The minimum atomic E-state index is -0.437. The van der Waals surface area contributed by atoms with Gasteiger partial charge >= 0.3 is 0 Å². The molecule has 8 nitrogen and oxygen atoms in total. The number of hydrogen-bond acceptors (Lipinski definition) is 6. The molecule has 1 saturated heterocycles. The van der Waals surface area contributed by atoms with Gasteiger partial charge in [0.2, 0.25) is 11.8 Å². The molecule has 1 aromatic carbocycles. The lowest BCUT2D eigenvalue weighted by molar-refractivity contribution is -0.132. The van der Waals surface area contributed by atoms with Gasteiger partial charge in [0.25, 0.3) is 0 Å². The fourth-order valence-electron chi connectivity index (χ4n) is 3.14. The summed E-state index contributed by atoms with van der Waals surface area (Å²) in [5.41, 5.74) is 0.712. The number of nitrogens with zero attached hydrogens (tertiary/aromatic N) is 3. The number of carbonyl (C=O) groups excluding carboxylic acids is 2. The zero-order valence-corrected chi connectivity index (χ0v) is 17.4. The summed E-state index contributed by atoms with van der Waals surface area (Å²) in [5.74, 6) is -0.286. The highest BCUT2D eigenvalue weighted by molar-refractivity contribution is 5.78. The number of nitrogens with one attached hydrogen (secondary N) is 1. The highest BCUT2D eigenvalue weighted by Gasteiger charge is 2.22. The third-order valence-corrected chi connectivity index (χ3v) is 4.88. The van der Waals surface area contributed by atoms with E-state index in [-0.39, 0.29) is 17.6 Å². The molecule has 1 aromatic rings. The first-order valence-electron chi connectivity index (χ1n) is 9.69. The molecule has 2 amide bonds. The van der Waals surface area contributed by atoms with Crippen LogP contribution in [-0.4, -0.2) is 100 Å². The van der Waals surface area contributed by atoms with E-state index in [0.717, 1.165) is 26.2 Å². The summed E-state index contributed by atoms with van der Waals surface area (Å²) in [6, 6.07) is 4.70. The summed E-state index contributed by atoms with van der Waals surface area (Å²) in [7, 11) is 4.73. The van der Waals surface area contributed by atoms with Crippen molar-refractivity contribution in [2.75, 3.05) is 73.7 Å². The Morgan fingerprint density at radius 1 is 1.14 bits per heavy atom. The van der Waals surface area contributed by atoms with Crippen molar-refractivity contribution in [3.8, 4) is 5.75 Å².